The van der Waals surface area contributed by atoms with E-state index in [0.29, 0.717) is 16.5 Å². The number of anilines is 1. The zero-order chi connectivity index (χ0) is 14.7. The molecule has 112 valence electrons. The fraction of sp³-hybridized carbons (Fsp3) is 0.533. The molecule has 3 rings (SSSR count). The van der Waals surface area contributed by atoms with Crippen LogP contribution in [0.5, 0.6) is 0 Å². The number of nitrogens with two attached hydrogens (primary N) is 1. The molecule has 6 heteroatoms. The van der Waals surface area contributed by atoms with E-state index < -0.39 is 0 Å². The standard InChI is InChI=1S/C15H20ClN5/c16-14-10-12(17)7-8-13(14)15-18-19-20-21(15)9-3-6-11-4-1-2-5-11/h7-8,10-11H,1-6,9,17H2. The Bertz CT molecular complexity index is 604. The lowest BCUT2D eigenvalue weighted by atomic mass is 10.0. The SMILES string of the molecule is Nc1ccc(-c2nnnn2CCCC2CCCC2)c(Cl)c1. The third kappa shape index (κ3) is 3.35. The first-order chi connectivity index (χ1) is 10.2. The topological polar surface area (TPSA) is 69.6 Å². The molecule has 0 spiro atoms. The van der Waals surface area contributed by atoms with Crippen LogP contribution in [0.2, 0.25) is 5.02 Å². The summed E-state index contributed by atoms with van der Waals surface area (Å²) in [6, 6.07) is 5.42. The van der Waals surface area contributed by atoms with E-state index in [1.165, 1.54) is 32.1 Å². The van der Waals surface area contributed by atoms with Gasteiger partial charge < -0.3 is 5.73 Å². The lowest BCUT2D eigenvalue weighted by molar-refractivity contribution is 0.444. The summed E-state index contributed by atoms with van der Waals surface area (Å²) in [6.07, 6.45) is 7.91. The molecular weight excluding hydrogens is 286 g/mol. The summed E-state index contributed by atoms with van der Waals surface area (Å²) >= 11 is 6.24. The number of halogens is 1. The van der Waals surface area contributed by atoms with E-state index in [4.69, 9.17) is 17.3 Å². The van der Waals surface area contributed by atoms with Gasteiger partial charge in [0, 0.05) is 17.8 Å². The minimum absolute atomic E-state index is 0.585. The Kier molecular flexibility index (Phi) is 4.39. The van der Waals surface area contributed by atoms with Crippen molar-refractivity contribution in [1.29, 1.82) is 0 Å². The van der Waals surface area contributed by atoms with Gasteiger partial charge in [0.25, 0.3) is 0 Å². The monoisotopic (exact) mass is 305 g/mol. The third-order valence-electron chi connectivity index (χ3n) is 4.22. The van der Waals surface area contributed by atoms with Gasteiger partial charge in [-0.3, -0.25) is 0 Å². The van der Waals surface area contributed by atoms with Crippen LogP contribution in [-0.2, 0) is 6.54 Å². The number of aryl methyl sites for hydroxylation is 1. The first-order valence-electron chi connectivity index (χ1n) is 7.55. The molecule has 1 aliphatic carbocycles. The largest absolute Gasteiger partial charge is 0.399 e. The predicted molar refractivity (Wildman–Crippen MR) is 83.9 cm³/mol. The Morgan fingerprint density at radius 2 is 2.10 bits per heavy atom. The summed E-state index contributed by atoms with van der Waals surface area (Å²) in [4.78, 5) is 0. The third-order valence-corrected chi connectivity index (χ3v) is 4.54. The van der Waals surface area contributed by atoms with Crippen molar-refractivity contribution < 1.29 is 0 Å². The van der Waals surface area contributed by atoms with Crippen molar-refractivity contribution in [1.82, 2.24) is 20.2 Å². The zero-order valence-electron chi connectivity index (χ0n) is 12.0. The number of benzene rings is 1. The van der Waals surface area contributed by atoms with E-state index in [1.54, 1.807) is 6.07 Å². The molecule has 0 saturated heterocycles. The highest BCUT2D eigenvalue weighted by Gasteiger charge is 2.16. The van der Waals surface area contributed by atoms with Crippen molar-refractivity contribution in [3.8, 4) is 11.4 Å². The van der Waals surface area contributed by atoms with Crippen LogP contribution in [0.3, 0.4) is 0 Å². The van der Waals surface area contributed by atoms with Crippen LogP contribution < -0.4 is 5.73 Å². The van der Waals surface area contributed by atoms with Crippen LogP contribution in [0.25, 0.3) is 11.4 Å². The maximum Gasteiger partial charge on any atom is 0.183 e. The molecule has 1 aliphatic rings. The van der Waals surface area contributed by atoms with Gasteiger partial charge in [0.2, 0.25) is 0 Å². The summed E-state index contributed by atoms with van der Waals surface area (Å²) in [7, 11) is 0. The lowest BCUT2D eigenvalue weighted by Gasteiger charge is -2.09. The molecule has 0 unspecified atom stereocenters. The molecule has 5 nitrogen and oxygen atoms in total. The van der Waals surface area contributed by atoms with Gasteiger partial charge in [-0.05, 0) is 47.4 Å². The molecule has 1 aromatic carbocycles. The zero-order valence-corrected chi connectivity index (χ0v) is 12.8. The predicted octanol–water partition coefficient (Wildman–Crippen LogP) is 3.55. The van der Waals surface area contributed by atoms with E-state index in [9.17, 15) is 0 Å². The Morgan fingerprint density at radius 3 is 2.86 bits per heavy atom. The van der Waals surface area contributed by atoms with E-state index in [0.717, 1.165) is 24.4 Å². The molecular formula is C15H20ClN5. The quantitative estimate of drug-likeness (QED) is 0.858. The maximum absolute atomic E-state index is 6.24. The molecule has 1 saturated carbocycles. The Balaban J connectivity index is 1.68. The van der Waals surface area contributed by atoms with Crippen LogP contribution in [0.4, 0.5) is 5.69 Å². The van der Waals surface area contributed by atoms with Crippen LogP contribution in [0.1, 0.15) is 38.5 Å². The van der Waals surface area contributed by atoms with Crippen molar-refractivity contribution >= 4 is 17.3 Å². The van der Waals surface area contributed by atoms with Gasteiger partial charge in [-0.25, -0.2) is 4.68 Å². The normalized spacial score (nSPS) is 15.7. The fourth-order valence-corrected chi connectivity index (χ4v) is 3.36. The molecule has 21 heavy (non-hydrogen) atoms. The molecule has 1 heterocycles. The molecule has 0 aliphatic heterocycles. The summed E-state index contributed by atoms with van der Waals surface area (Å²) in [6.45, 7) is 0.833. The van der Waals surface area contributed by atoms with Crippen molar-refractivity contribution in [3.05, 3.63) is 23.2 Å². The molecule has 0 bridgehead atoms. The highest BCUT2D eigenvalue weighted by molar-refractivity contribution is 6.33. The van der Waals surface area contributed by atoms with Crippen molar-refractivity contribution in [2.24, 2.45) is 5.92 Å². The summed E-state index contributed by atoms with van der Waals surface area (Å²) in [5.41, 5.74) is 7.20. The number of hydrogen-bond acceptors (Lipinski definition) is 4. The second kappa shape index (κ2) is 6.43. The molecule has 2 N–H and O–H groups in total. The Hall–Kier alpha value is -1.62. The Morgan fingerprint density at radius 1 is 1.29 bits per heavy atom. The highest BCUT2D eigenvalue weighted by atomic mass is 35.5. The number of nitrogens with zero attached hydrogens (tertiary/aromatic N) is 4. The van der Waals surface area contributed by atoms with Gasteiger partial charge >= 0.3 is 0 Å². The second-order valence-electron chi connectivity index (χ2n) is 5.76. The fourth-order valence-electron chi connectivity index (χ4n) is 3.09. The minimum Gasteiger partial charge on any atom is -0.399 e. The first-order valence-corrected chi connectivity index (χ1v) is 7.93. The van der Waals surface area contributed by atoms with Gasteiger partial charge in [-0.15, -0.1) is 5.10 Å². The molecule has 2 aromatic rings. The second-order valence-corrected chi connectivity index (χ2v) is 6.16. The van der Waals surface area contributed by atoms with E-state index in [2.05, 4.69) is 15.5 Å². The van der Waals surface area contributed by atoms with E-state index >= 15 is 0 Å². The van der Waals surface area contributed by atoms with Gasteiger partial charge in [0.05, 0.1) is 5.02 Å². The van der Waals surface area contributed by atoms with Gasteiger partial charge in [-0.2, -0.15) is 0 Å². The number of tetrazole rings is 1. The van der Waals surface area contributed by atoms with Crippen molar-refractivity contribution in [2.45, 2.75) is 45.1 Å². The number of aromatic nitrogens is 4. The average molecular weight is 306 g/mol. The molecule has 1 fully saturated rings. The molecule has 0 atom stereocenters. The summed E-state index contributed by atoms with van der Waals surface area (Å²) in [5, 5.41) is 12.6. The number of rotatable bonds is 5. The van der Waals surface area contributed by atoms with Gasteiger partial charge in [0.15, 0.2) is 5.82 Å². The average Bonchev–Trinajstić information content (AvgIpc) is 3.11. The summed E-state index contributed by atoms with van der Waals surface area (Å²) < 4.78 is 1.84. The van der Waals surface area contributed by atoms with Gasteiger partial charge in [-0.1, -0.05) is 37.3 Å². The van der Waals surface area contributed by atoms with Crippen LogP contribution in [0.15, 0.2) is 18.2 Å². The highest BCUT2D eigenvalue weighted by Crippen LogP contribution is 2.30. The van der Waals surface area contributed by atoms with E-state index in [1.807, 2.05) is 16.8 Å². The van der Waals surface area contributed by atoms with Crippen LogP contribution in [0, 0.1) is 5.92 Å². The summed E-state index contributed by atoms with van der Waals surface area (Å²) in [5.74, 6) is 1.61. The first kappa shape index (κ1) is 14.3. The number of nitrogen functional groups attached to an aromatic ring is 1. The van der Waals surface area contributed by atoms with Crippen molar-refractivity contribution in [2.75, 3.05) is 5.73 Å². The van der Waals surface area contributed by atoms with E-state index in [-0.39, 0.29) is 0 Å². The van der Waals surface area contributed by atoms with Gasteiger partial charge in [0.1, 0.15) is 0 Å². The minimum atomic E-state index is 0.585. The van der Waals surface area contributed by atoms with Crippen LogP contribution >= 0.6 is 11.6 Å². The van der Waals surface area contributed by atoms with Crippen molar-refractivity contribution in [3.63, 3.8) is 0 Å². The molecule has 0 amide bonds. The maximum atomic E-state index is 6.24. The molecule has 1 aromatic heterocycles. The smallest absolute Gasteiger partial charge is 0.183 e. The van der Waals surface area contributed by atoms with Crippen LogP contribution in [-0.4, -0.2) is 20.2 Å². The Labute approximate surface area is 129 Å². The lowest BCUT2D eigenvalue weighted by Crippen LogP contribution is -2.05. The molecule has 0 radical (unpaired) electrons. The number of hydrogen-bond donors (Lipinski definition) is 1.